The Morgan fingerprint density at radius 2 is 2.11 bits per heavy atom. The zero-order valence-corrected chi connectivity index (χ0v) is 12.3. The average Bonchev–Trinajstić information content (AvgIpc) is 2.86. The van der Waals surface area contributed by atoms with Gasteiger partial charge in [0.15, 0.2) is 0 Å². The molecule has 0 aromatic carbocycles. The molecule has 98 valence electrons. The van der Waals surface area contributed by atoms with Crippen LogP contribution in [0.25, 0.3) is 0 Å². The first-order valence-corrected chi connectivity index (χ1v) is 7.13. The highest BCUT2D eigenvalue weighted by molar-refractivity contribution is 7.11. The maximum atomic E-state index is 6.15. The van der Waals surface area contributed by atoms with Crippen LogP contribution in [0.4, 0.5) is 0 Å². The van der Waals surface area contributed by atoms with Crippen LogP contribution in [0.3, 0.4) is 0 Å². The normalized spacial score (nSPS) is 13.2. The first-order chi connectivity index (χ1) is 8.47. The van der Waals surface area contributed by atoms with Crippen molar-refractivity contribution in [1.82, 2.24) is 9.55 Å². The minimum atomic E-state index is 0.117. The summed E-state index contributed by atoms with van der Waals surface area (Å²) in [5, 5.41) is 1.16. The number of hydrogen-bond acceptors (Lipinski definition) is 3. The molecule has 2 rings (SSSR count). The molecule has 0 aliphatic heterocycles. The molecule has 2 aromatic heterocycles. The highest BCUT2D eigenvalue weighted by Gasteiger charge is 2.12. The summed E-state index contributed by atoms with van der Waals surface area (Å²) in [6.07, 6.45) is 4.22. The summed E-state index contributed by atoms with van der Waals surface area (Å²) >= 11 is 1.77. The van der Waals surface area contributed by atoms with E-state index < -0.39 is 0 Å². The zero-order valence-electron chi connectivity index (χ0n) is 11.5. The summed E-state index contributed by atoms with van der Waals surface area (Å²) in [6.45, 7) is 9.31. The molecule has 4 heteroatoms. The van der Waals surface area contributed by atoms with Crippen molar-refractivity contribution in [2.24, 2.45) is 11.7 Å². The Labute approximate surface area is 113 Å². The second kappa shape index (κ2) is 5.24. The van der Waals surface area contributed by atoms with E-state index in [0.29, 0.717) is 5.92 Å². The Morgan fingerprint density at radius 1 is 1.39 bits per heavy atom. The van der Waals surface area contributed by atoms with Gasteiger partial charge in [0.2, 0.25) is 0 Å². The lowest BCUT2D eigenvalue weighted by atomic mass is 10.00. The van der Waals surface area contributed by atoms with Gasteiger partial charge in [0.1, 0.15) is 5.01 Å². The molecule has 0 amide bonds. The highest BCUT2D eigenvalue weighted by Crippen LogP contribution is 2.21. The number of aromatic nitrogens is 2. The molecule has 0 fully saturated rings. The van der Waals surface area contributed by atoms with Crippen LogP contribution >= 0.6 is 11.3 Å². The van der Waals surface area contributed by atoms with Gasteiger partial charge in [-0.3, -0.25) is 0 Å². The van der Waals surface area contributed by atoms with Gasteiger partial charge in [0.25, 0.3) is 0 Å². The van der Waals surface area contributed by atoms with Gasteiger partial charge in [-0.05, 0) is 31.4 Å². The van der Waals surface area contributed by atoms with Gasteiger partial charge in [-0.1, -0.05) is 13.8 Å². The van der Waals surface area contributed by atoms with Crippen LogP contribution in [0.5, 0.6) is 0 Å². The van der Waals surface area contributed by atoms with Gasteiger partial charge >= 0.3 is 0 Å². The predicted molar refractivity (Wildman–Crippen MR) is 76.9 cm³/mol. The Morgan fingerprint density at radius 3 is 2.67 bits per heavy atom. The van der Waals surface area contributed by atoms with Crippen LogP contribution in [0.1, 0.15) is 41.0 Å². The molecule has 2 aromatic rings. The van der Waals surface area contributed by atoms with Gasteiger partial charge in [0, 0.05) is 23.3 Å². The lowest BCUT2D eigenvalue weighted by molar-refractivity contribution is 0.513. The number of thiazole rings is 1. The van der Waals surface area contributed by atoms with Gasteiger partial charge in [-0.2, -0.15) is 0 Å². The van der Waals surface area contributed by atoms with Crippen molar-refractivity contribution in [2.45, 2.75) is 40.3 Å². The lowest BCUT2D eigenvalue weighted by Crippen LogP contribution is -2.15. The Bertz CT molecular complexity index is 505. The first kappa shape index (κ1) is 13.3. The third-order valence-corrected chi connectivity index (χ3v) is 4.32. The minimum absolute atomic E-state index is 0.117. The molecule has 0 aliphatic carbocycles. The number of nitrogens with two attached hydrogens (primary N) is 1. The molecule has 18 heavy (non-hydrogen) atoms. The van der Waals surface area contributed by atoms with E-state index in [1.807, 2.05) is 0 Å². The van der Waals surface area contributed by atoms with Gasteiger partial charge < -0.3 is 10.3 Å². The number of aryl methyl sites for hydroxylation is 2. The molecule has 2 heterocycles. The SMILES string of the molecule is Cc1nc(Cn2ccc(C(N)C(C)C)c2)sc1C. The van der Waals surface area contributed by atoms with E-state index in [1.165, 1.54) is 10.4 Å². The number of nitrogens with zero attached hydrogens (tertiary/aromatic N) is 2. The van der Waals surface area contributed by atoms with E-state index in [2.05, 4.69) is 55.7 Å². The van der Waals surface area contributed by atoms with Crippen molar-refractivity contribution in [3.63, 3.8) is 0 Å². The summed E-state index contributed by atoms with van der Waals surface area (Å²) in [5.74, 6) is 0.463. The maximum absolute atomic E-state index is 6.15. The van der Waals surface area contributed by atoms with E-state index in [-0.39, 0.29) is 6.04 Å². The molecule has 0 saturated carbocycles. The third-order valence-electron chi connectivity index (χ3n) is 3.27. The fourth-order valence-corrected chi connectivity index (χ4v) is 2.85. The monoisotopic (exact) mass is 263 g/mol. The lowest BCUT2D eigenvalue weighted by Gasteiger charge is -2.13. The van der Waals surface area contributed by atoms with Crippen molar-refractivity contribution in [1.29, 1.82) is 0 Å². The summed E-state index contributed by atoms with van der Waals surface area (Å²) in [4.78, 5) is 5.86. The molecular formula is C14H21N3S. The van der Waals surface area contributed by atoms with Gasteiger partial charge in [-0.25, -0.2) is 4.98 Å². The minimum Gasteiger partial charge on any atom is -0.347 e. The van der Waals surface area contributed by atoms with E-state index in [9.17, 15) is 0 Å². The molecule has 0 bridgehead atoms. The molecule has 1 unspecified atom stereocenters. The maximum Gasteiger partial charge on any atom is 0.113 e. The van der Waals surface area contributed by atoms with Crippen molar-refractivity contribution in [3.05, 3.63) is 39.6 Å². The van der Waals surface area contributed by atoms with Crippen molar-refractivity contribution >= 4 is 11.3 Å². The molecule has 0 radical (unpaired) electrons. The molecule has 3 nitrogen and oxygen atoms in total. The van der Waals surface area contributed by atoms with Gasteiger partial charge in [-0.15, -0.1) is 11.3 Å². The van der Waals surface area contributed by atoms with E-state index in [1.54, 1.807) is 11.3 Å². The van der Waals surface area contributed by atoms with E-state index >= 15 is 0 Å². The molecule has 1 atom stereocenters. The summed E-state index contributed by atoms with van der Waals surface area (Å²) < 4.78 is 2.16. The molecule has 0 saturated heterocycles. The Balaban J connectivity index is 2.11. The van der Waals surface area contributed by atoms with Crippen molar-refractivity contribution < 1.29 is 0 Å². The standard InChI is InChI=1S/C14H21N3S/c1-9(2)14(15)12-5-6-17(7-12)8-13-16-10(3)11(4)18-13/h5-7,9,14H,8,15H2,1-4H3. The predicted octanol–water partition coefficient (Wildman–Crippen LogP) is 3.27. The first-order valence-electron chi connectivity index (χ1n) is 6.31. The van der Waals surface area contributed by atoms with Crippen LogP contribution in [-0.2, 0) is 6.54 Å². The van der Waals surface area contributed by atoms with Gasteiger partial charge in [0.05, 0.1) is 12.2 Å². The van der Waals surface area contributed by atoms with Crippen LogP contribution in [0.15, 0.2) is 18.5 Å². The van der Waals surface area contributed by atoms with Crippen LogP contribution in [-0.4, -0.2) is 9.55 Å². The second-order valence-corrected chi connectivity index (χ2v) is 6.42. The van der Waals surface area contributed by atoms with Crippen LogP contribution in [0.2, 0.25) is 0 Å². The summed E-state index contributed by atoms with van der Waals surface area (Å²) in [7, 11) is 0. The summed E-state index contributed by atoms with van der Waals surface area (Å²) in [6, 6.07) is 2.23. The van der Waals surface area contributed by atoms with E-state index in [0.717, 1.165) is 17.2 Å². The smallest absolute Gasteiger partial charge is 0.113 e. The molecule has 0 aliphatic rings. The topological polar surface area (TPSA) is 43.8 Å². The quantitative estimate of drug-likeness (QED) is 0.920. The largest absolute Gasteiger partial charge is 0.347 e. The zero-order chi connectivity index (χ0) is 13.3. The fraction of sp³-hybridized carbons (Fsp3) is 0.500. The Kier molecular flexibility index (Phi) is 3.88. The van der Waals surface area contributed by atoms with Crippen molar-refractivity contribution in [2.75, 3.05) is 0 Å². The second-order valence-electron chi connectivity index (χ2n) is 5.14. The van der Waals surface area contributed by atoms with Crippen LogP contribution in [0, 0.1) is 19.8 Å². The number of hydrogen-bond donors (Lipinski definition) is 1. The molecular weight excluding hydrogens is 242 g/mol. The fourth-order valence-electron chi connectivity index (χ4n) is 1.90. The third kappa shape index (κ3) is 2.82. The highest BCUT2D eigenvalue weighted by atomic mass is 32.1. The van der Waals surface area contributed by atoms with E-state index in [4.69, 9.17) is 5.73 Å². The number of rotatable bonds is 4. The van der Waals surface area contributed by atoms with Crippen LogP contribution < -0.4 is 5.73 Å². The summed E-state index contributed by atoms with van der Waals surface area (Å²) in [5.41, 5.74) is 8.49. The Hall–Kier alpha value is -1.13. The van der Waals surface area contributed by atoms with Crippen molar-refractivity contribution in [3.8, 4) is 0 Å². The molecule has 2 N–H and O–H groups in total. The average molecular weight is 263 g/mol. The molecule has 0 spiro atoms.